The van der Waals surface area contributed by atoms with E-state index in [4.69, 9.17) is 4.74 Å². The van der Waals surface area contributed by atoms with Crippen molar-refractivity contribution in [1.82, 2.24) is 5.32 Å². The summed E-state index contributed by atoms with van der Waals surface area (Å²) in [7, 11) is 0. The van der Waals surface area contributed by atoms with Gasteiger partial charge >= 0.3 is 0 Å². The van der Waals surface area contributed by atoms with Gasteiger partial charge in [-0.2, -0.15) is 0 Å². The summed E-state index contributed by atoms with van der Waals surface area (Å²) in [5.74, 6) is 0.636. The van der Waals surface area contributed by atoms with Crippen molar-refractivity contribution in [2.24, 2.45) is 5.92 Å². The summed E-state index contributed by atoms with van der Waals surface area (Å²) in [4.78, 5) is 0. The second-order valence-electron chi connectivity index (χ2n) is 3.61. The molecule has 66 valence electrons. The number of hydrogen-bond donors (Lipinski definition) is 1. The van der Waals surface area contributed by atoms with Gasteiger partial charge in [0.2, 0.25) is 0 Å². The number of nitrogens with one attached hydrogen (secondary N) is 1. The molecule has 1 saturated heterocycles. The molecule has 0 saturated carbocycles. The smallest absolute Gasteiger partial charge is 0.0726 e. The zero-order chi connectivity index (χ0) is 8.27. The van der Waals surface area contributed by atoms with Crippen LogP contribution in [0.2, 0.25) is 0 Å². The fourth-order valence-corrected chi connectivity index (χ4v) is 1.36. The fraction of sp³-hybridized carbons (Fsp3) is 1.00. The Kier molecular flexibility index (Phi) is 3.34. The predicted octanol–water partition coefficient (Wildman–Crippen LogP) is 1.41. The van der Waals surface area contributed by atoms with E-state index >= 15 is 0 Å². The summed E-state index contributed by atoms with van der Waals surface area (Å²) >= 11 is 0. The topological polar surface area (TPSA) is 21.3 Å². The third kappa shape index (κ3) is 2.46. The molecule has 1 rings (SSSR count). The lowest BCUT2D eigenvalue weighted by molar-refractivity contribution is -0.0594. The van der Waals surface area contributed by atoms with Gasteiger partial charge in [0.25, 0.3) is 0 Å². The summed E-state index contributed by atoms with van der Waals surface area (Å²) in [6.07, 6.45) is 1.99. The van der Waals surface area contributed by atoms with Gasteiger partial charge in [-0.3, -0.25) is 0 Å². The molecule has 0 aliphatic carbocycles. The first-order valence-corrected chi connectivity index (χ1v) is 4.60. The molecule has 1 fully saturated rings. The second kappa shape index (κ2) is 4.07. The molecule has 0 aromatic rings. The number of morpholine rings is 1. The van der Waals surface area contributed by atoms with Crippen LogP contribution in [0.25, 0.3) is 0 Å². The van der Waals surface area contributed by atoms with Crippen molar-refractivity contribution in [2.75, 3.05) is 13.1 Å². The second-order valence-corrected chi connectivity index (χ2v) is 3.61. The minimum Gasteiger partial charge on any atom is -0.372 e. The van der Waals surface area contributed by atoms with Gasteiger partial charge in [-0.15, -0.1) is 0 Å². The van der Waals surface area contributed by atoms with Crippen molar-refractivity contribution in [3.05, 3.63) is 0 Å². The maximum Gasteiger partial charge on any atom is 0.0726 e. The van der Waals surface area contributed by atoms with Gasteiger partial charge in [0.15, 0.2) is 0 Å². The highest BCUT2D eigenvalue weighted by atomic mass is 16.5. The van der Waals surface area contributed by atoms with E-state index in [9.17, 15) is 0 Å². The average molecular weight is 157 g/mol. The quantitative estimate of drug-likeness (QED) is 0.654. The van der Waals surface area contributed by atoms with Gasteiger partial charge in [-0.1, -0.05) is 20.8 Å². The highest BCUT2D eigenvalue weighted by Crippen LogP contribution is 2.13. The normalized spacial score (nSPS) is 32.7. The first-order chi connectivity index (χ1) is 5.24. The van der Waals surface area contributed by atoms with Crippen molar-refractivity contribution in [3.63, 3.8) is 0 Å². The molecule has 2 heteroatoms. The van der Waals surface area contributed by atoms with Crippen molar-refractivity contribution in [1.29, 1.82) is 0 Å². The van der Waals surface area contributed by atoms with Crippen LogP contribution in [0.4, 0.5) is 0 Å². The molecular weight excluding hydrogens is 138 g/mol. The van der Waals surface area contributed by atoms with Gasteiger partial charge in [0.05, 0.1) is 12.2 Å². The summed E-state index contributed by atoms with van der Waals surface area (Å²) in [5.41, 5.74) is 0. The van der Waals surface area contributed by atoms with Crippen LogP contribution < -0.4 is 5.32 Å². The van der Waals surface area contributed by atoms with Gasteiger partial charge in [-0.05, 0) is 12.3 Å². The molecule has 0 aromatic carbocycles. The molecule has 2 atom stereocenters. The molecule has 0 spiro atoms. The molecule has 0 radical (unpaired) electrons. The van der Waals surface area contributed by atoms with E-state index in [0.29, 0.717) is 18.1 Å². The molecule has 2 nitrogen and oxygen atoms in total. The highest BCUT2D eigenvalue weighted by Gasteiger charge is 2.22. The Hall–Kier alpha value is -0.0800. The first kappa shape index (κ1) is 9.01. The first-order valence-electron chi connectivity index (χ1n) is 4.60. The van der Waals surface area contributed by atoms with Gasteiger partial charge in [0, 0.05) is 13.1 Å². The van der Waals surface area contributed by atoms with Crippen LogP contribution in [0.5, 0.6) is 0 Å². The van der Waals surface area contributed by atoms with Crippen LogP contribution in [0.3, 0.4) is 0 Å². The lowest BCUT2D eigenvalue weighted by atomic mass is 10.1. The third-order valence-corrected chi connectivity index (χ3v) is 2.28. The van der Waals surface area contributed by atoms with E-state index in [2.05, 4.69) is 26.1 Å². The summed E-state index contributed by atoms with van der Waals surface area (Å²) < 4.78 is 5.83. The van der Waals surface area contributed by atoms with E-state index in [1.807, 2.05) is 0 Å². The summed E-state index contributed by atoms with van der Waals surface area (Å²) in [5, 5.41) is 3.39. The Labute approximate surface area is 69.3 Å². The number of ether oxygens (including phenoxy) is 1. The molecule has 1 aliphatic heterocycles. The van der Waals surface area contributed by atoms with Crippen LogP contribution in [-0.2, 0) is 4.74 Å². The lowest BCUT2D eigenvalue weighted by Crippen LogP contribution is -2.46. The van der Waals surface area contributed by atoms with Crippen LogP contribution in [0.1, 0.15) is 27.2 Å². The Balaban J connectivity index is 2.33. The molecule has 11 heavy (non-hydrogen) atoms. The maximum absolute atomic E-state index is 5.83. The fourth-order valence-electron chi connectivity index (χ4n) is 1.36. The van der Waals surface area contributed by atoms with Crippen molar-refractivity contribution in [2.45, 2.75) is 39.4 Å². The lowest BCUT2D eigenvalue weighted by Gasteiger charge is -2.32. The Morgan fingerprint density at radius 2 is 2.18 bits per heavy atom. The van der Waals surface area contributed by atoms with E-state index in [1.54, 1.807) is 0 Å². The largest absolute Gasteiger partial charge is 0.372 e. The Bertz CT molecular complexity index is 114. The van der Waals surface area contributed by atoms with Crippen LogP contribution in [-0.4, -0.2) is 25.3 Å². The number of rotatable bonds is 2. The minimum atomic E-state index is 0.425. The standard InChI is InChI=1S/C9H19NO/c1-4-8-5-10-6-9(11-8)7(2)3/h7-10H,4-6H2,1-3H3. The van der Waals surface area contributed by atoms with Crippen LogP contribution in [0, 0.1) is 5.92 Å². The molecule has 1 N–H and O–H groups in total. The van der Waals surface area contributed by atoms with E-state index in [1.165, 1.54) is 0 Å². The highest BCUT2D eigenvalue weighted by molar-refractivity contribution is 4.75. The van der Waals surface area contributed by atoms with Gasteiger partial charge in [-0.25, -0.2) is 0 Å². The maximum atomic E-state index is 5.83. The third-order valence-electron chi connectivity index (χ3n) is 2.28. The molecular formula is C9H19NO. The summed E-state index contributed by atoms with van der Waals surface area (Å²) in [6.45, 7) is 8.65. The van der Waals surface area contributed by atoms with Crippen molar-refractivity contribution >= 4 is 0 Å². The Morgan fingerprint density at radius 3 is 2.73 bits per heavy atom. The van der Waals surface area contributed by atoms with Crippen LogP contribution >= 0.6 is 0 Å². The monoisotopic (exact) mass is 157 g/mol. The SMILES string of the molecule is CCC1CNCC(C(C)C)O1. The molecule has 1 aliphatic rings. The van der Waals surface area contributed by atoms with Crippen molar-refractivity contribution < 1.29 is 4.74 Å². The summed E-state index contributed by atoms with van der Waals surface area (Å²) in [6, 6.07) is 0. The number of hydrogen-bond acceptors (Lipinski definition) is 2. The zero-order valence-electron chi connectivity index (χ0n) is 7.76. The van der Waals surface area contributed by atoms with Crippen LogP contribution in [0.15, 0.2) is 0 Å². The molecule has 0 aromatic heterocycles. The van der Waals surface area contributed by atoms with Gasteiger partial charge < -0.3 is 10.1 Å². The van der Waals surface area contributed by atoms with Gasteiger partial charge in [0.1, 0.15) is 0 Å². The Morgan fingerprint density at radius 1 is 1.45 bits per heavy atom. The molecule has 1 heterocycles. The predicted molar refractivity (Wildman–Crippen MR) is 46.7 cm³/mol. The molecule has 2 unspecified atom stereocenters. The van der Waals surface area contributed by atoms with E-state index in [-0.39, 0.29) is 0 Å². The van der Waals surface area contributed by atoms with E-state index in [0.717, 1.165) is 19.5 Å². The minimum absolute atomic E-state index is 0.425. The van der Waals surface area contributed by atoms with Crippen molar-refractivity contribution in [3.8, 4) is 0 Å². The van der Waals surface area contributed by atoms with E-state index < -0.39 is 0 Å². The molecule has 0 bridgehead atoms. The average Bonchev–Trinajstić information content (AvgIpc) is 2.05. The molecule has 0 amide bonds. The zero-order valence-corrected chi connectivity index (χ0v) is 7.76.